The van der Waals surface area contributed by atoms with Gasteiger partial charge in [0.15, 0.2) is 0 Å². The van der Waals surface area contributed by atoms with Gasteiger partial charge in [0.2, 0.25) is 5.91 Å². The highest BCUT2D eigenvalue weighted by Crippen LogP contribution is 2.25. The first-order valence-electron chi connectivity index (χ1n) is 8.53. The molecule has 0 aromatic heterocycles. The SMILES string of the molecule is CC(C)C(=O)Nc1ccc(Cl)c(C(=O)NC2CCCCC2CN)c1. The molecule has 0 heterocycles. The number of hydrogen-bond donors (Lipinski definition) is 3. The van der Waals surface area contributed by atoms with Gasteiger partial charge in [-0.1, -0.05) is 38.3 Å². The molecule has 5 nitrogen and oxygen atoms in total. The largest absolute Gasteiger partial charge is 0.349 e. The van der Waals surface area contributed by atoms with Gasteiger partial charge in [-0.3, -0.25) is 9.59 Å². The molecule has 0 saturated heterocycles. The van der Waals surface area contributed by atoms with Gasteiger partial charge in [0.25, 0.3) is 5.91 Å². The highest BCUT2D eigenvalue weighted by atomic mass is 35.5. The molecule has 0 aliphatic heterocycles. The Bertz CT molecular complexity index is 604. The Morgan fingerprint density at radius 3 is 2.67 bits per heavy atom. The van der Waals surface area contributed by atoms with Crippen LogP contribution in [-0.2, 0) is 4.79 Å². The molecule has 1 aliphatic carbocycles. The maximum absolute atomic E-state index is 12.6. The minimum Gasteiger partial charge on any atom is -0.349 e. The van der Waals surface area contributed by atoms with Gasteiger partial charge in [0.05, 0.1) is 10.6 Å². The molecule has 1 saturated carbocycles. The summed E-state index contributed by atoms with van der Waals surface area (Å²) in [6.07, 6.45) is 4.24. The Kier molecular flexibility index (Phi) is 6.63. The number of halogens is 1. The molecule has 2 amide bonds. The fourth-order valence-corrected chi connectivity index (χ4v) is 3.19. The lowest BCUT2D eigenvalue weighted by Gasteiger charge is -2.31. The number of benzene rings is 1. The average molecular weight is 352 g/mol. The molecule has 1 aliphatic rings. The predicted octanol–water partition coefficient (Wildman–Crippen LogP) is 3.18. The molecular formula is C18H26ClN3O2. The predicted molar refractivity (Wildman–Crippen MR) is 97.2 cm³/mol. The molecule has 1 aromatic carbocycles. The number of carbonyl (C=O) groups excluding carboxylic acids is 2. The van der Waals surface area contributed by atoms with Crippen LogP contribution in [0.2, 0.25) is 5.02 Å². The first kappa shape index (κ1) is 18.7. The summed E-state index contributed by atoms with van der Waals surface area (Å²) in [5, 5.41) is 6.22. The Morgan fingerprint density at radius 2 is 2.00 bits per heavy atom. The molecule has 24 heavy (non-hydrogen) atoms. The molecule has 132 valence electrons. The van der Waals surface area contributed by atoms with Gasteiger partial charge >= 0.3 is 0 Å². The summed E-state index contributed by atoms with van der Waals surface area (Å²) in [5.41, 5.74) is 6.77. The quantitative estimate of drug-likeness (QED) is 0.761. The Balaban J connectivity index is 2.11. The van der Waals surface area contributed by atoms with E-state index in [2.05, 4.69) is 10.6 Å². The van der Waals surface area contributed by atoms with Crippen molar-refractivity contribution < 1.29 is 9.59 Å². The molecule has 0 radical (unpaired) electrons. The molecule has 2 rings (SSSR count). The van der Waals surface area contributed by atoms with E-state index in [0.29, 0.717) is 28.7 Å². The molecule has 0 spiro atoms. The number of rotatable bonds is 5. The summed E-state index contributed by atoms with van der Waals surface area (Å²) in [6.45, 7) is 4.20. The van der Waals surface area contributed by atoms with Gasteiger partial charge in [-0.15, -0.1) is 0 Å². The van der Waals surface area contributed by atoms with Gasteiger partial charge in [-0.25, -0.2) is 0 Å². The number of hydrogen-bond acceptors (Lipinski definition) is 3. The zero-order chi connectivity index (χ0) is 17.7. The van der Waals surface area contributed by atoms with Crippen molar-refractivity contribution in [2.75, 3.05) is 11.9 Å². The maximum atomic E-state index is 12.6. The smallest absolute Gasteiger partial charge is 0.253 e. The third-order valence-corrected chi connectivity index (χ3v) is 4.86. The number of nitrogens with one attached hydrogen (secondary N) is 2. The molecule has 2 unspecified atom stereocenters. The van der Waals surface area contributed by atoms with E-state index in [9.17, 15) is 9.59 Å². The van der Waals surface area contributed by atoms with Crippen molar-refractivity contribution in [2.24, 2.45) is 17.6 Å². The lowest BCUT2D eigenvalue weighted by Crippen LogP contribution is -2.44. The van der Waals surface area contributed by atoms with E-state index in [1.165, 1.54) is 0 Å². The van der Waals surface area contributed by atoms with Gasteiger partial charge in [-0.05, 0) is 43.5 Å². The first-order valence-corrected chi connectivity index (χ1v) is 8.91. The molecule has 1 fully saturated rings. The highest BCUT2D eigenvalue weighted by Gasteiger charge is 2.26. The minimum atomic E-state index is -0.217. The second-order valence-electron chi connectivity index (χ2n) is 6.70. The Labute approximate surface area is 148 Å². The van der Waals surface area contributed by atoms with Gasteiger partial charge in [-0.2, -0.15) is 0 Å². The Morgan fingerprint density at radius 1 is 1.29 bits per heavy atom. The van der Waals surface area contributed by atoms with Crippen LogP contribution in [0.1, 0.15) is 49.9 Å². The van der Waals surface area contributed by atoms with E-state index in [4.69, 9.17) is 17.3 Å². The van der Waals surface area contributed by atoms with Crippen LogP contribution in [0.15, 0.2) is 18.2 Å². The maximum Gasteiger partial charge on any atom is 0.253 e. The number of anilines is 1. The van der Waals surface area contributed by atoms with E-state index < -0.39 is 0 Å². The summed E-state index contributed by atoms with van der Waals surface area (Å²) in [6, 6.07) is 5.04. The van der Waals surface area contributed by atoms with Crippen molar-refractivity contribution in [3.8, 4) is 0 Å². The second kappa shape index (κ2) is 8.49. The third kappa shape index (κ3) is 4.71. The molecule has 1 aromatic rings. The summed E-state index contributed by atoms with van der Waals surface area (Å²) >= 11 is 6.18. The number of nitrogens with two attached hydrogens (primary N) is 1. The summed E-state index contributed by atoms with van der Waals surface area (Å²) in [4.78, 5) is 24.4. The van der Waals surface area contributed by atoms with Crippen LogP contribution in [0.3, 0.4) is 0 Å². The monoisotopic (exact) mass is 351 g/mol. The zero-order valence-electron chi connectivity index (χ0n) is 14.3. The van der Waals surface area contributed by atoms with Crippen LogP contribution in [0.25, 0.3) is 0 Å². The molecule has 4 N–H and O–H groups in total. The van der Waals surface area contributed by atoms with Crippen LogP contribution in [0.4, 0.5) is 5.69 Å². The molecular weight excluding hydrogens is 326 g/mol. The summed E-state index contributed by atoms with van der Waals surface area (Å²) in [7, 11) is 0. The topological polar surface area (TPSA) is 84.2 Å². The summed E-state index contributed by atoms with van der Waals surface area (Å²) < 4.78 is 0. The van der Waals surface area contributed by atoms with E-state index in [1.54, 1.807) is 18.2 Å². The lowest BCUT2D eigenvalue weighted by atomic mass is 9.84. The Hall–Kier alpha value is -1.59. The van der Waals surface area contributed by atoms with Crippen LogP contribution >= 0.6 is 11.6 Å². The van der Waals surface area contributed by atoms with Crippen molar-refractivity contribution in [1.29, 1.82) is 0 Å². The van der Waals surface area contributed by atoms with Crippen molar-refractivity contribution in [1.82, 2.24) is 5.32 Å². The number of carbonyl (C=O) groups is 2. The van der Waals surface area contributed by atoms with Crippen LogP contribution in [0.5, 0.6) is 0 Å². The van der Waals surface area contributed by atoms with Gasteiger partial charge < -0.3 is 16.4 Å². The first-order chi connectivity index (χ1) is 11.4. The standard InChI is InChI=1S/C18H26ClN3O2/c1-11(2)17(23)21-13-7-8-15(19)14(9-13)18(24)22-16-6-4-3-5-12(16)10-20/h7-9,11-12,16H,3-6,10,20H2,1-2H3,(H,21,23)(H,22,24). The summed E-state index contributed by atoms with van der Waals surface area (Å²) in [5.74, 6) is -0.138. The van der Waals surface area contributed by atoms with E-state index >= 15 is 0 Å². The molecule has 2 atom stereocenters. The third-order valence-electron chi connectivity index (χ3n) is 4.53. The van der Waals surface area contributed by atoms with E-state index in [1.807, 2.05) is 13.8 Å². The van der Waals surface area contributed by atoms with Gasteiger partial charge in [0, 0.05) is 17.6 Å². The van der Waals surface area contributed by atoms with Crippen LogP contribution in [-0.4, -0.2) is 24.4 Å². The average Bonchev–Trinajstić information content (AvgIpc) is 2.56. The number of amides is 2. The van der Waals surface area contributed by atoms with Crippen LogP contribution < -0.4 is 16.4 Å². The van der Waals surface area contributed by atoms with Crippen molar-refractivity contribution >= 4 is 29.1 Å². The normalized spacial score (nSPS) is 20.7. The van der Waals surface area contributed by atoms with E-state index in [0.717, 1.165) is 25.7 Å². The minimum absolute atomic E-state index is 0.0845. The fourth-order valence-electron chi connectivity index (χ4n) is 2.99. The van der Waals surface area contributed by atoms with Crippen molar-refractivity contribution in [3.63, 3.8) is 0 Å². The van der Waals surface area contributed by atoms with Crippen LogP contribution in [0, 0.1) is 11.8 Å². The van der Waals surface area contributed by atoms with Crippen molar-refractivity contribution in [3.05, 3.63) is 28.8 Å². The zero-order valence-corrected chi connectivity index (χ0v) is 15.0. The fraction of sp³-hybridized carbons (Fsp3) is 0.556. The van der Waals surface area contributed by atoms with E-state index in [-0.39, 0.29) is 23.8 Å². The second-order valence-corrected chi connectivity index (χ2v) is 7.11. The van der Waals surface area contributed by atoms with Crippen molar-refractivity contribution in [2.45, 2.75) is 45.6 Å². The molecule has 6 heteroatoms. The van der Waals surface area contributed by atoms with Gasteiger partial charge in [0.1, 0.15) is 0 Å². The molecule has 0 bridgehead atoms. The highest BCUT2D eigenvalue weighted by molar-refractivity contribution is 6.34. The lowest BCUT2D eigenvalue weighted by molar-refractivity contribution is -0.118.